The monoisotopic (exact) mass is 156 g/mol. The summed E-state index contributed by atoms with van der Waals surface area (Å²) >= 11 is 5.47. The number of nitrogens with zero attached hydrogens (tertiary/aromatic N) is 1. The lowest BCUT2D eigenvalue weighted by Crippen LogP contribution is -2.01. The number of nitrogens with one attached hydrogen (secondary N) is 1. The lowest BCUT2D eigenvalue weighted by atomic mass is 10.4. The predicted molar refractivity (Wildman–Crippen MR) is 43.4 cm³/mol. The second-order valence-corrected chi connectivity index (χ2v) is 2.23. The first-order chi connectivity index (χ1) is 4.93. The largest absolute Gasteiger partial charge is 0.384 e. The number of pyridine rings is 1. The topological polar surface area (TPSA) is 24.9 Å². The summed E-state index contributed by atoms with van der Waals surface area (Å²) < 4.78 is 0. The van der Waals surface area contributed by atoms with Crippen molar-refractivity contribution in [3.8, 4) is 0 Å². The first-order valence-electron chi connectivity index (χ1n) is 3.13. The third-order valence-corrected chi connectivity index (χ3v) is 1.29. The van der Waals surface area contributed by atoms with Gasteiger partial charge in [0.2, 0.25) is 0 Å². The Morgan fingerprint density at radius 1 is 1.40 bits per heavy atom. The Bertz CT molecular complexity index is 176. The highest BCUT2D eigenvalue weighted by molar-refractivity contribution is 6.18. The van der Waals surface area contributed by atoms with E-state index in [1.165, 1.54) is 0 Å². The van der Waals surface area contributed by atoms with E-state index in [2.05, 4.69) is 10.3 Å². The van der Waals surface area contributed by atoms with Gasteiger partial charge in [0.05, 0.1) is 0 Å². The normalized spacial score (nSPS) is 9.30. The molecule has 0 aliphatic heterocycles. The molecule has 2 nitrogen and oxygen atoms in total. The van der Waals surface area contributed by atoms with E-state index in [9.17, 15) is 0 Å². The van der Waals surface area contributed by atoms with Gasteiger partial charge < -0.3 is 5.32 Å². The smallest absolute Gasteiger partial charge is 0.0396 e. The fourth-order valence-corrected chi connectivity index (χ4v) is 0.756. The average Bonchev–Trinajstić information content (AvgIpc) is 2.03. The van der Waals surface area contributed by atoms with Crippen LogP contribution in [0.3, 0.4) is 0 Å². The zero-order valence-corrected chi connectivity index (χ0v) is 6.30. The van der Waals surface area contributed by atoms with E-state index in [1.54, 1.807) is 12.4 Å². The fraction of sp³-hybridized carbons (Fsp3) is 0.286. The molecule has 1 aromatic rings. The van der Waals surface area contributed by atoms with E-state index in [0.717, 1.165) is 12.2 Å². The highest BCUT2D eigenvalue weighted by Crippen LogP contribution is 2.01. The third-order valence-electron chi connectivity index (χ3n) is 1.10. The molecule has 0 fully saturated rings. The number of halogens is 1. The van der Waals surface area contributed by atoms with Crippen LogP contribution in [0.1, 0.15) is 0 Å². The summed E-state index contributed by atoms with van der Waals surface area (Å²) in [6, 6.07) is 3.82. The van der Waals surface area contributed by atoms with Crippen LogP contribution >= 0.6 is 11.6 Å². The lowest BCUT2D eigenvalue weighted by molar-refractivity contribution is 1.21. The molecule has 0 unspecified atom stereocenters. The molecule has 10 heavy (non-hydrogen) atoms. The molecule has 0 amide bonds. The van der Waals surface area contributed by atoms with Crippen LogP contribution in [0.4, 0.5) is 5.69 Å². The van der Waals surface area contributed by atoms with Crippen LogP contribution < -0.4 is 5.32 Å². The molecule has 0 aliphatic rings. The van der Waals surface area contributed by atoms with Gasteiger partial charge in [0.15, 0.2) is 0 Å². The molecule has 0 bridgehead atoms. The summed E-state index contributed by atoms with van der Waals surface area (Å²) in [4.78, 5) is 3.88. The standard InChI is InChI=1S/C7H9ClN2/c8-3-6-10-7-1-4-9-5-2-7/h1-2,4-5H,3,6H2,(H,9,10). The van der Waals surface area contributed by atoms with Crippen molar-refractivity contribution in [1.82, 2.24) is 4.98 Å². The van der Waals surface area contributed by atoms with E-state index >= 15 is 0 Å². The van der Waals surface area contributed by atoms with Gasteiger partial charge in [0, 0.05) is 30.5 Å². The van der Waals surface area contributed by atoms with Crippen molar-refractivity contribution in [3.05, 3.63) is 24.5 Å². The molecule has 0 saturated heterocycles. The van der Waals surface area contributed by atoms with Gasteiger partial charge >= 0.3 is 0 Å². The molecular formula is C7H9ClN2. The van der Waals surface area contributed by atoms with Crippen LogP contribution in [0.5, 0.6) is 0 Å². The highest BCUT2D eigenvalue weighted by Gasteiger charge is 1.85. The Kier molecular flexibility index (Phi) is 3.03. The maximum Gasteiger partial charge on any atom is 0.0396 e. The number of alkyl halides is 1. The summed E-state index contributed by atoms with van der Waals surface area (Å²) in [5.74, 6) is 0.627. The zero-order valence-electron chi connectivity index (χ0n) is 5.55. The fourth-order valence-electron chi connectivity index (χ4n) is 0.661. The molecule has 1 rings (SSSR count). The maximum atomic E-state index is 5.47. The summed E-state index contributed by atoms with van der Waals surface area (Å²) in [6.07, 6.45) is 3.49. The van der Waals surface area contributed by atoms with E-state index < -0.39 is 0 Å². The molecule has 54 valence electrons. The summed E-state index contributed by atoms with van der Waals surface area (Å²) in [7, 11) is 0. The van der Waals surface area contributed by atoms with Crippen molar-refractivity contribution >= 4 is 17.3 Å². The summed E-state index contributed by atoms with van der Waals surface area (Å²) in [6.45, 7) is 0.797. The highest BCUT2D eigenvalue weighted by atomic mass is 35.5. The summed E-state index contributed by atoms with van der Waals surface area (Å²) in [5.41, 5.74) is 1.07. The number of aromatic nitrogens is 1. The molecule has 1 heterocycles. The van der Waals surface area contributed by atoms with Crippen molar-refractivity contribution in [3.63, 3.8) is 0 Å². The van der Waals surface area contributed by atoms with Crippen LogP contribution in [-0.2, 0) is 0 Å². The van der Waals surface area contributed by atoms with Gasteiger partial charge in [-0.15, -0.1) is 11.6 Å². The molecule has 0 radical (unpaired) electrons. The van der Waals surface area contributed by atoms with Crippen molar-refractivity contribution in [2.45, 2.75) is 0 Å². The van der Waals surface area contributed by atoms with E-state index in [1.807, 2.05) is 12.1 Å². The van der Waals surface area contributed by atoms with Crippen LogP contribution in [0.15, 0.2) is 24.5 Å². The average molecular weight is 157 g/mol. The van der Waals surface area contributed by atoms with E-state index in [0.29, 0.717) is 5.88 Å². The minimum Gasteiger partial charge on any atom is -0.384 e. The Balaban J connectivity index is 2.43. The van der Waals surface area contributed by atoms with Gasteiger partial charge in [0.1, 0.15) is 0 Å². The quantitative estimate of drug-likeness (QED) is 0.675. The third kappa shape index (κ3) is 2.23. The number of hydrogen-bond acceptors (Lipinski definition) is 2. The van der Waals surface area contributed by atoms with Crippen LogP contribution in [0.25, 0.3) is 0 Å². The van der Waals surface area contributed by atoms with Gasteiger partial charge in [-0.05, 0) is 12.1 Å². The second-order valence-electron chi connectivity index (χ2n) is 1.85. The van der Waals surface area contributed by atoms with Gasteiger partial charge in [-0.25, -0.2) is 0 Å². The summed E-state index contributed by atoms with van der Waals surface area (Å²) in [5, 5.41) is 3.12. The Labute approximate surface area is 65.2 Å². The van der Waals surface area contributed by atoms with Crippen LogP contribution in [0, 0.1) is 0 Å². The molecular weight excluding hydrogens is 148 g/mol. The molecule has 0 atom stereocenters. The Morgan fingerprint density at radius 2 is 2.10 bits per heavy atom. The van der Waals surface area contributed by atoms with Gasteiger partial charge in [0.25, 0.3) is 0 Å². The Morgan fingerprint density at radius 3 is 2.70 bits per heavy atom. The van der Waals surface area contributed by atoms with Gasteiger partial charge in [-0.1, -0.05) is 0 Å². The van der Waals surface area contributed by atoms with Crippen LogP contribution in [0.2, 0.25) is 0 Å². The van der Waals surface area contributed by atoms with E-state index in [4.69, 9.17) is 11.6 Å². The zero-order chi connectivity index (χ0) is 7.23. The predicted octanol–water partition coefficient (Wildman–Crippen LogP) is 1.73. The van der Waals surface area contributed by atoms with E-state index in [-0.39, 0.29) is 0 Å². The SMILES string of the molecule is ClCCNc1ccncc1. The minimum atomic E-state index is 0.627. The molecule has 1 aromatic heterocycles. The van der Waals surface area contributed by atoms with Crippen LogP contribution in [-0.4, -0.2) is 17.4 Å². The first kappa shape index (κ1) is 7.35. The first-order valence-corrected chi connectivity index (χ1v) is 3.67. The van der Waals surface area contributed by atoms with Crippen molar-refractivity contribution in [2.75, 3.05) is 17.7 Å². The molecule has 0 saturated carbocycles. The number of hydrogen-bond donors (Lipinski definition) is 1. The Hall–Kier alpha value is -0.760. The van der Waals surface area contributed by atoms with Crippen molar-refractivity contribution < 1.29 is 0 Å². The lowest BCUT2D eigenvalue weighted by Gasteiger charge is -2.00. The maximum absolute atomic E-state index is 5.47. The molecule has 0 aromatic carbocycles. The minimum absolute atomic E-state index is 0.627. The molecule has 0 aliphatic carbocycles. The molecule has 0 spiro atoms. The molecule has 1 N–H and O–H groups in total. The van der Waals surface area contributed by atoms with Gasteiger partial charge in [-0.2, -0.15) is 0 Å². The van der Waals surface area contributed by atoms with Gasteiger partial charge in [-0.3, -0.25) is 4.98 Å². The number of anilines is 1. The second kappa shape index (κ2) is 4.12. The van der Waals surface area contributed by atoms with Crippen molar-refractivity contribution in [1.29, 1.82) is 0 Å². The number of rotatable bonds is 3. The molecule has 3 heteroatoms. The van der Waals surface area contributed by atoms with Crippen molar-refractivity contribution in [2.24, 2.45) is 0 Å².